The van der Waals surface area contributed by atoms with E-state index in [1.807, 2.05) is 18.2 Å². The van der Waals surface area contributed by atoms with Crippen molar-refractivity contribution in [3.05, 3.63) is 70.5 Å². The van der Waals surface area contributed by atoms with Gasteiger partial charge in [0.25, 0.3) is 0 Å². The van der Waals surface area contributed by atoms with E-state index in [1.165, 1.54) is 18.2 Å². The van der Waals surface area contributed by atoms with Crippen LogP contribution in [0, 0.1) is 5.82 Å². The Morgan fingerprint density at radius 2 is 1.95 bits per heavy atom. The summed E-state index contributed by atoms with van der Waals surface area (Å²) in [6.07, 6.45) is 0. The lowest BCUT2D eigenvalue weighted by Gasteiger charge is -2.05. The summed E-state index contributed by atoms with van der Waals surface area (Å²) in [6.45, 7) is 0.148. The molecule has 0 aliphatic rings. The zero-order valence-electron chi connectivity index (χ0n) is 10.1. The molecule has 0 saturated carbocycles. The van der Waals surface area contributed by atoms with Crippen LogP contribution in [0.4, 0.5) is 4.39 Å². The highest BCUT2D eigenvalue weighted by Crippen LogP contribution is 2.15. The van der Waals surface area contributed by atoms with Crippen LogP contribution < -0.4 is 0 Å². The third-order valence-electron chi connectivity index (χ3n) is 2.60. The average Bonchev–Trinajstić information content (AvgIpc) is 2.41. The van der Waals surface area contributed by atoms with Gasteiger partial charge in [-0.3, -0.25) is 4.79 Å². The zero-order chi connectivity index (χ0) is 13.7. The highest BCUT2D eigenvalue weighted by atomic mass is 35.5. The predicted molar refractivity (Wildman–Crippen MR) is 71.8 cm³/mol. The molecule has 0 unspecified atom stereocenters. The minimum absolute atomic E-state index is 0.103. The van der Waals surface area contributed by atoms with Crippen molar-refractivity contribution in [2.75, 3.05) is 6.61 Å². The molecule has 0 amide bonds. The van der Waals surface area contributed by atoms with Gasteiger partial charge in [-0.1, -0.05) is 41.9 Å². The van der Waals surface area contributed by atoms with Crippen molar-refractivity contribution in [2.24, 2.45) is 0 Å². The summed E-state index contributed by atoms with van der Waals surface area (Å²) in [6, 6.07) is 12.8. The molecule has 2 rings (SSSR count). The quantitative estimate of drug-likeness (QED) is 0.776. The number of carbonyl (C=O) groups excluding carboxylic acids is 1. The van der Waals surface area contributed by atoms with E-state index in [2.05, 4.69) is 0 Å². The number of halogens is 2. The van der Waals surface area contributed by atoms with Crippen molar-refractivity contribution in [1.82, 2.24) is 0 Å². The van der Waals surface area contributed by atoms with Gasteiger partial charge in [-0.15, -0.1) is 0 Å². The Labute approximate surface area is 115 Å². The Bertz CT molecular complexity index is 584. The molecular formula is C15H12ClFO2. The van der Waals surface area contributed by atoms with Gasteiger partial charge in [0.05, 0.1) is 6.61 Å². The fourth-order valence-corrected chi connectivity index (χ4v) is 1.80. The Hall–Kier alpha value is -1.71. The second-order valence-electron chi connectivity index (χ2n) is 4.02. The van der Waals surface area contributed by atoms with Gasteiger partial charge in [0.1, 0.15) is 12.4 Å². The molecule has 2 aromatic rings. The topological polar surface area (TPSA) is 26.3 Å². The Balaban J connectivity index is 1.90. The number of hydrogen-bond acceptors (Lipinski definition) is 2. The minimum atomic E-state index is -0.433. The number of rotatable bonds is 5. The fraction of sp³-hybridized carbons (Fsp3) is 0.133. The molecule has 2 aromatic carbocycles. The lowest BCUT2D eigenvalue weighted by atomic mass is 10.1. The van der Waals surface area contributed by atoms with E-state index in [-0.39, 0.29) is 19.0 Å². The summed E-state index contributed by atoms with van der Waals surface area (Å²) in [5.41, 5.74) is 1.12. The van der Waals surface area contributed by atoms with E-state index in [1.54, 1.807) is 12.1 Å². The lowest BCUT2D eigenvalue weighted by molar-refractivity contribution is 0.0726. The molecule has 2 nitrogen and oxygen atoms in total. The summed E-state index contributed by atoms with van der Waals surface area (Å²) < 4.78 is 18.3. The smallest absolute Gasteiger partial charge is 0.188 e. The molecule has 0 aliphatic carbocycles. The Kier molecular flexibility index (Phi) is 4.66. The molecule has 0 heterocycles. The minimum Gasteiger partial charge on any atom is -0.369 e. The molecule has 19 heavy (non-hydrogen) atoms. The number of carbonyl (C=O) groups is 1. The Morgan fingerprint density at radius 1 is 1.16 bits per heavy atom. The van der Waals surface area contributed by atoms with Gasteiger partial charge >= 0.3 is 0 Å². The molecular weight excluding hydrogens is 267 g/mol. The average molecular weight is 279 g/mol. The fourth-order valence-electron chi connectivity index (χ4n) is 1.61. The summed E-state index contributed by atoms with van der Waals surface area (Å²) in [5, 5.41) is 0.598. The summed E-state index contributed by atoms with van der Waals surface area (Å²) in [5.74, 6) is -0.691. The van der Waals surface area contributed by atoms with Gasteiger partial charge in [-0.25, -0.2) is 4.39 Å². The van der Waals surface area contributed by atoms with Gasteiger partial charge in [0, 0.05) is 10.6 Å². The number of ketones is 1. The third-order valence-corrected chi connectivity index (χ3v) is 2.96. The Morgan fingerprint density at radius 3 is 2.68 bits per heavy atom. The first-order chi connectivity index (χ1) is 9.16. The molecule has 0 aliphatic heterocycles. The maximum atomic E-state index is 13.0. The summed E-state index contributed by atoms with van der Waals surface area (Å²) in [4.78, 5) is 11.7. The molecule has 0 N–H and O–H groups in total. The van der Waals surface area contributed by atoms with E-state index in [0.29, 0.717) is 10.6 Å². The molecule has 98 valence electrons. The van der Waals surface area contributed by atoms with Gasteiger partial charge in [0.2, 0.25) is 0 Å². The van der Waals surface area contributed by atoms with Crippen LogP contribution in [0.15, 0.2) is 48.5 Å². The van der Waals surface area contributed by atoms with Crippen LogP contribution in [0.5, 0.6) is 0 Å². The first-order valence-electron chi connectivity index (χ1n) is 5.77. The molecule has 0 fully saturated rings. The molecule has 0 atom stereocenters. The second-order valence-corrected chi connectivity index (χ2v) is 4.42. The van der Waals surface area contributed by atoms with Crippen molar-refractivity contribution in [3.63, 3.8) is 0 Å². The zero-order valence-corrected chi connectivity index (χ0v) is 10.9. The van der Waals surface area contributed by atoms with Crippen LogP contribution in [0.3, 0.4) is 0 Å². The standard InChI is InChI=1S/C15H12ClFO2/c16-14-7-2-1-4-12(14)9-19-10-15(18)11-5-3-6-13(17)8-11/h1-8H,9-10H2. The third kappa shape index (κ3) is 3.88. The first-order valence-corrected chi connectivity index (χ1v) is 6.14. The van der Waals surface area contributed by atoms with Crippen LogP contribution >= 0.6 is 11.6 Å². The van der Waals surface area contributed by atoms with E-state index in [9.17, 15) is 9.18 Å². The lowest BCUT2D eigenvalue weighted by Crippen LogP contribution is -2.09. The molecule has 4 heteroatoms. The highest BCUT2D eigenvalue weighted by Gasteiger charge is 2.07. The number of hydrogen-bond donors (Lipinski definition) is 0. The van der Waals surface area contributed by atoms with Gasteiger partial charge in [0.15, 0.2) is 5.78 Å². The molecule has 0 bridgehead atoms. The van der Waals surface area contributed by atoms with E-state index < -0.39 is 5.82 Å². The van der Waals surface area contributed by atoms with Crippen molar-refractivity contribution in [2.45, 2.75) is 6.61 Å². The van der Waals surface area contributed by atoms with Crippen LogP contribution in [0.1, 0.15) is 15.9 Å². The second kappa shape index (κ2) is 6.45. The van der Waals surface area contributed by atoms with Crippen LogP contribution in [-0.2, 0) is 11.3 Å². The highest BCUT2D eigenvalue weighted by molar-refractivity contribution is 6.31. The van der Waals surface area contributed by atoms with E-state index >= 15 is 0 Å². The van der Waals surface area contributed by atoms with Crippen LogP contribution in [0.25, 0.3) is 0 Å². The summed E-state index contributed by atoms with van der Waals surface area (Å²) >= 11 is 5.96. The van der Waals surface area contributed by atoms with Gasteiger partial charge < -0.3 is 4.74 Å². The largest absolute Gasteiger partial charge is 0.369 e. The number of Topliss-reactive ketones (excluding diaryl/α,β-unsaturated/α-hetero) is 1. The van der Waals surface area contributed by atoms with Crippen LogP contribution in [-0.4, -0.2) is 12.4 Å². The maximum Gasteiger partial charge on any atom is 0.188 e. The molecule has 0 saturated heterocycles. The SMILES string of the molecule is O=C(COCc1ccccc1Cl)c1cccc(F)c1. The van der Waals surface area contributed by atoms with Crippen molar-refractivity contribution >= 4 is 17.4 Å². The molecule has 0 spiro atoms. The maximum absolute atomic E-state index is 13.0. The van der Waals surface area contributed by atoms with Gasteiger partial charge in [-0.05, 0) is 23.8 Å². The van der Waals surface area contributed by atoms with Crippen LogP contribution in [0.2, 0.25) is 5.02 Å². The number of benzene rings is 2. The predicted octanol–water partition coefficient (Wildman–Crippen LogP) is 3.88. The van der Waals surface area contributed by atoms with E-state index in [4.69, 9.17) is 16.3 Å². The summed E-state index contributed by atoms with van der Waals surface area (Å²) in [7, 11) is 0. The first kappa shape index (κ1) is 13.7. The van der Waals surface area contributed by atoms with E-state index in [0.717, 1.165) is 5.56 Å². The van der Waals surface area contributed by atoms with Crippen molar-refractivity contribution in [3.8, 4) is 0 Å². The van der Waals surface area contributed by atoms with Crippen molar-refractivity contribution < 1.29 is 13.9 Å². The number of ether oxygens (including phenoxy) is 1. The van der Waals surface area contributed by atoms with Crippen molar-refractivity contribution in [1.29, 1.82) is 0 Å². The molecule has 0 aromatic heterocycles. The monoisotopic (exact) mass is 278 g/mol. The molecule has 0 radical (unpaired) electrons. The normalized spacial score (nSPS) is 10.4. The van der Waals surface area contributed by atoms with Gasteiger partial charge in [-0.2, -0.15) is 0 Å².